The lowest BCUT2D eigenvalue weighted by Gasteiger charge is -2.15. The molecule has 7 nitrogen and oxygen atoms in total. The Bertz CT molecular complexity index is 925. The monoisotopic (exact) mass is 341 g/mol. The molecule has 3 rings (SSSR count). The lowest BCUT2D eigenvalue weighted by Crippen LogP contribution is -2.36. The molecule has 1 amide bonds. The van der Waals surface area contributed by atoms with E-state index in [-0.39, 0.29) is 12.3 Å². The molecule has 1 unspecified atom stereocenters. The van der Waals surface area contributed by atoms with Crippen LogP contribution in [-0.2, 0) is 29.5 Å². The number of hydrogen-bond acceptors (Lipinski definition) is 4. The molecule has 130 valence electrons. The molecule has 25 heavy (non-hydrogen) atoms. The second kappa shape index (κ2) is 6.80. The van der Waals surface area contributed by atoms with Crippen LogP contribution in [-0.4, -0.2) is 26.8 Å². The Morgan fingerprint density at radius 1 is 1.32 bits per heavy atom. The molecule has 2 heterocycles. The molecular formula is C18H19N3O4. The number of nitrogens with zero attached hydrogens (tertiary/aromatic N) is 2. The fourth-order valence-corrected chi connectivity index (χ4v) is 2.93. The van der Waals surface area contributed by atoms with Gasteiger partial charge in [-0.15, -0.1) is 0 Å². The summed E-state index contributed by atoms with van der Waals surface area (Å²) >= 11 is 0. The highest BCUT2D eigenvalue weighted by Gasteiger charge is 2.26. The minimum atomic E-state index is -1.15. The van der Waals surface area contributed by atoms with Gasteiger partial charge < -0.3 is 14.8 Å². The van der Waals surface area contributed by atoms with Crippen molar-refractivity contribution in [2.24, 2.45) is 7.05 Å². The van der Waals surface area contributed by atoms with Crippen molar-refractivity contribution >= 4 is 22.8 Å². The van der Waals surface area contributed by atoms with Crippen LogP contribution in [0, 0.1) is 0 Å². The lowest BCUT2D eigenvalue weighted by molar-refractivity contribution is -0.142. The van der Waals surface area contributed by atoms with Crippen LogP contribution >= 0.6 is 0 Å². The number of aryl methyl sites for hydroxylation is 2. The number of benzene rings is 1. The molecule has 0 bridgehead atoms. The summed E-state index contributed by atoms with van der Waals surface area (Å²) < 4.78 is 7.22. The van der Waals surface area contributed by atoms with E-state index in [1.807, 2.05) is 31.2 Å². The van der Waals surface area contributed by atoms with Gasteiger partial charge >= 0.3 is 5.97 Å². The summed E-state index contributed by atoms with van der Waals surface area (Å²) in [7, 11) is 1.64. The summed E-state index contributed by atoms with van der Waals surface area (Å²) in [5.74, 6) is -0.775. The number of carboxylic acid groups (broad SMARTS) is 1. The molecule has 1 atom stereocenters. The normalized spacial score (nSPS) is 12.2. The van der Waals surface area contributed by atoms with E-state index < -0.39 is 12.0 Å². The van der Waals surface area contributed by atoms with E-state index >= 15 is 0 Å². The van der Waals surface area contributed by atoms with Crippen molar-refractivity contribution in [2.75, 3.05) is 0 Å². The summed E-state index contributed by atoms with van der Waals surface area (Å²) in [4.78, 5) is 24.0. The molecule has 0 aliphatic heterocycles. The minimum absolute atomic E-state index is 0.0574. The number of aliphatic carboxylic acids is 1. The fourth-order valence-electron chi connectivity index (χ4n) is 2.93. The van der Waals surface area contributed by atoms with Crippen molar-refractivity contribution in [1.29, 1.82) is 0 Å². The fraction of sp³-hybridized carbons (Fsp3) is 0.278. The molecule has 0 saturated heterocycles. The van der Waals surface area contributed by atoms with Gasteiger partial charge in [-0.3, -0.25) is 9.48 Å². The third kappa shape index (κ3) is 3.26. The topological polar surface area (TPSA) is 97.4 Å². The van der Waals surface area contributed by atoms with Crippen LogP contribution in [0.25, 0.3) is 11.0 Å². The summed E-state index contributed by atoms with van der Waals surface area (Å²) in [5, 5.41) is 16.9. The number of furan rings is 1. The molecule has 7 heteroatoms. The van der Waals surface area contributed by atoms with Crippen LogP contribution in [0.2, 0.25) is 0 Å². The average Bonchev–Trinajstić information content (AvgIpc) is 3.16. The van der Waals surface area contributed by atoms with E-state index in [9.17, 15) is 14.7 Å². The molecule has 1 aromatic carbocycles. The largest absolute Gasteiger partial charge is 0.479 e. The number of aromatic nitrogens is 2. The highest BCUT2D eigenvalue weighted by atomic mass is 16.4. The maximum Gasteiger partial charge on any atom is 0.332 e. The van der Waals surface area contributed by atoms with Crippen LogP contribution < -0.4 is 5.32 Å². The van der Waals surface area contributed by atoms with E-state index in [2.05, 4.69) is 10.4 Å². The number of carbonyl (C=O) groups is 2. The summed E-state index contributed by atoms with van der Waals surface area (Å²) in [6.45, 7) is 1.95. The number of nitrogens with one attached hydrogen (secondary N) is 1. The second-order valence-corrected chi connectivity index (χ2v) is 5.75. The van der Waals surface area contributed by atoms with Gasteiger partial charge in [0.25, 0.3) is 0 Å². The standard InChI is InChI=1S/C18H19N3O4/c1-3-14-12(11-6-4-5-7-15(11)25-14)10-16(22)20-17(18(23)24)13-8-9-19-21(13)2/h4-9,17H,3,10H2,1-2H3,(H,20,22)(H,23,24). The first-order valence-corrected chi connectivity index (χ1v) is 8.00. The van der Waals surface area contributed by atoms with E-state index in [1.165, 1.54) is 10.9 Å². The number of carbonyl (C=O) groups excluding carboxylic acids is 1. The van der Waals surface area contributed by atoms with Crippen LogP contribution in [0.3, 0.4) is 0 Å². The Balaban J connectivity index is 1.85. The first-order chi connectivity index (χ1) is 12.0. The third-order valence-corrected chi connectivity index (χ3v) is 4.15. The predicted octanol–water partition coefficient (Wildman–Crippen LogP) is 2.21. The molecule has 0 aliphatic carbocycles. The maximum absolute atomic E-state index is 12.5. The number of rotatable bonds is 6. The lowest BCUT2D eigenvalue weighted by atomic mass is 10.1. The van der Waals surface area contributed by atoms with Crippen molar-refractivity contribution in [3.05, 3.63) is 53.5 Å². The SMILES string of the molecule is CCc1oc2ccccc2c1CC(=O)NC(C(=O)O)c1ccnn1C. The highest BCUT2D eigenvalue weighted by molar-refractivity contribution is 5.90. The predicted molar refractivity (Wildman–Crippen MR) is 91.0 cm³/mol. The summed E-state index contributed by atoms with van der Waals surface area (Å²) in [6, 6.07) is 7.93. The second-order valence-electron chi connectivity index (χ2n) is 5.75. The van der Waals surface area contributed by atoms with Gasteiger partial charge in [0.15, 0.2) is 6.04 Å². The van der Waals surface area contributed by atoms with Gasteiger partial charge in [-0.05, 0) is 12.1 Å². The van der Waals surface area contributed by atoms with Gasteiger partial charge in [0, 0.05) is 30.6 Å². The maximum atomic E-state index is 12.5. The van der Waals surface area contributed by atoms with Crippen molar-refractivity contribution in [3.63, 3.8) is 0 Å². The van der Waals surface area contributed by atoms with Crippen LogP contribution in [0.4, 0.5) is 0 Å². The number of amides is 1. The Kier molecular flexibility index (Phi) is 4.56. The van der Waals surface area contributed by atoms with Gasteiger partial charge in [-0.25, -0.2) is 4.79 Å². The molecule has 2 N–H and O–H groups in total. The van der Waals surface area contributed by atoms with Crippen molar-refractivity contribution in [1.82, 2.24) is 15.1 Å². The van der Waals surface area contributed by atoms with Gasteiger partial charge in [0.2, 0.25) is 5.91 Å². The quantitative estimate of drug-likeness (QED) is 0.716. The molecular weight excluding hydrogens is 322 g/mol. The molecule has 2 aromatic heterocycles. The van der Waals surface area contributed by atoms with Gasteiger partial charge in [0.05, 0.1) is 12.1 Å². The Hall–Kier alpha value is -3.09. The smallest absolute Gasteiger partial charge is 0.332 e. The number of hydrogen-bond donors (Lipinski definition) is 2. The number of para-hydroxylation sites is 1. The Labute approximate surface area is 144 Å². The van der Waals surface area contributed by atoms with E-state index in [1.54, 1.807) is 13.1 Å². The zero-order valence-electron chi connectivity index (χ0n) is 14.0. The number of carboxylic acids is 1. The Morgan fingerprint density at radius 3 is 2.72 bits per heavy atom. The molecule has 0 radical (unpaired) electrons. The van der Waals surface area contributed by atoms with E-state index in [4.69, 9.17) is 4.42 Å². The summed E-state index contributed by atoms with van der Waals surface area (Å²) in [5.41, 5.74) is 1.93. The number of fused-ring (bicyclic) bond motifs is 1. The molecule has 0 saturated carbocycles. The van der Waals surface area contributed by atoms with Gasteiger partial charge in [0.1, 0.15) is 11.3 Å². The van der Waals surface area contributed by atoms with E-state index in [0.29, 0.717) is 12.1 Å². The molecule has 0 spiro atoms. The highest BCUT2D eigenvalue weighted by Crippen LogP contribution is 2.27. The van der Waals surface area contributed by atoms with Gasteiger partial charge in [-0.2, -0.15) is 5.10 Å². The third-order valence-electron chi connectivity index (χ3n) is 4.15. The van der Waals surface area contributed by atoms with Crippen molar-refractivity contribution in [2.45, 2.75) is 25.8 Å². The Morgan fingerprint density at radius 2 is 2.08 bits per heavy atom. The summed E-state index contributed by atoms with van der Waals surface area (Å²) in [6.07, 6.45) is 2.21. The first kappa shape index (κ1) is 16.8. The zero-order valence-corrected chi connectivity index (χ0v) is 14.0. The van der Waals surface area contributed by atoms with Crippen LogP contribution in [0.5, 0.6) is 0 Å². The van der Waals surface area contributed by atoms with Gasteiger partial charge in [-0.1, -0.05) is 25.1 Å². The van der Waals surface area contributed by atoms with Crippen LogP contribution in [0.1, 0.15) is 30.0 Å². The molecule has 0 fully saturated rings. The van der Waals surface area contributed by atoms with Crippen LogP contribution in [0.15, 0.2) is 40.9 Å². The minimum Gasteiger partial charge on any atom is -0.479 e. The zero-order chi connectivity index (χ0) is 18.0. The molecule has 0 aliphatic rings. The molecule has 3 aromatic rings. The average molecular weight is 341 g/mol. The van der Waals surface area contributed by atoms with E-state index in [0.717, 1.165) is 22.3 Å². The van der Waals surface area contributed by atoms with Crippen molar-refractivity contribution < 1.29 is 19.1 Å². The first-order valence-electron chi connectivity index (χ1n) is 8.00. The van der Waals surface area contributed by atoms with Crippen molar-refractivity contribution in [3.8, 4) is 0 Å².